The highest BCUT2D eigenvalue weighted by Crippen LogP contribution is 2.33. The molecule has 0 bridgehead atoms. The normalized spacial score (nSPS) is 12.2. The molecule has 1 N–H and O–H groups in total. The molecule has 1 aliphatic rings. The maximum absolute atomic E-state index is 13.1. The first-order valence-corrected chi connectivity index (χ1v) is 10.6. The summed E-state index contributed by atoms with van der Waals surface area (Å²) in [5, 5.41) is 4.39. The maximum atomic E-state index is 13.1. The van der Waals surface area contributed by atoms with E-state index in [0.717, 1.165) is 47.2 Å². The number of fused-ring (bicyclic) bond motifs is 3. The minimum Gasteiger partial charge on any atom is -0.489 e. The number of hydrogen-bond donors (Lipinski definition) is 1. The van der Waals surface area contributed by atoms with Crippen LogP contribution in [0.1, 0.15) is 17.0 Å². The lowest BCUT2D eigenvalue weighted by atomic mass is 10.0. The minimum absolute atomic E-state index is 0.251. The van der Waals surface area contributed by atoms with Crippen molar-refractivity contribution in [3.63, 3.8) is 0 Å². The smallest absolute Gasteiger partial charge is 0.135 e. The predicted molar refractivity (Wildman–Crippen MR) is 121 cm³/mol. The Morgan fingerprint density at radius 1 is 0.968 bits per heavy atom. The van der Waals surface area contributed by atoms with Crippen molar-refractivity contribution in [2.75, 3.05) is 5.32 Å². The summed E-state index contributed by atoms with van der Waals surface area (Å²) in [6.45, 7) is 0.388. The summed E-state index contributed by atoms with van der Waals surface area (Å²) in [4.78, 5) is 4.58. The van der Waals surface area contributed by atoms with E-state index >= 15 is 0 Å². The fourth-order valence-corrected chi connectivity index (χ4v) is 4.01. The highest BCUT2D eigenvalue weighted by atomic mass is 35.5. The monoisotopic (exact) mass is 453 g/mol. The van der Waals surface area contributed by atoms with Crippen LogP contribution in [0.2, 0.25) is 10.0 Å². The zero-order valence-electron chi connectivity index (χ0n) is 16.4. The molecule has 3 aromatic carbocycles. The lowest BCUT2D eigenvalue weighted by Gasteiger charge is -2.22. The zero-order chi connectivity index (χ0) is 21.4. The Morgan fingerprint density at radius 3 is 2.61 bits per heavy atom. The molecule has 0 unspecified atom stereocenters. The Balaban J connectivity index is 1.39. The van der Waals surface area contributed by atoms with Gasteiger partial charge < -0.3 is 10.1 Å². The lowest BCUT2D eigenvalue weighted by molar-refractivity contribution is 0.305. The first-order chi connectivity index (χ1) is 15.1. The standard InChI is InChI=1S/C24H18Cl2FN3O/c25-20-8-6-18(12-21(20)26)29-24-13-28-23-10-3-16-11-19(7-9-22(16)30(23)24)31-14-15-1-4-17(27)5-2-15/h1-2,4-9,11-13,29H,3,10,14H2. The maximum Gasteiger partial charge on any atom is 0.135 e. The van der Waals surface area contributed by atoms with Gasteiger partial charge in [0, 0.05) is 12.1 Å². The molecule has 4 aromatic rings. The largest absolute Gasteiger partial charge is 0.489 e. The van der Waals surface area contributed by atoms with E-state index < -0.39 is 0 Å². The fourth-order valence-electron chi connectivity index (χ4n) is 3.71. The topological polar surface area (TPSA) is 39.1 Å². The van der Waals surface area contributed by atoms with Gasteiger partial charge in [-0.15, -0.1) is 0 Å². The number of imidazole rings is 1. The SMILES string of the molecule is Fc1ccc(COc2ccc3c(c2)CCc2ncc(Nc4ccc(Cl)c(Cl)c4)n2-3)cc1. The number of aryl methyl sites for hydroxylation is 2. The van der Waals surface area contributed by atoms with E-state index in [4.69, 9.17) is 27.9 Å². The van der Waals surface area contributed by atoms with Gasteiger partial charge in [-0.05, 0) is 66.1 Å². The molecule has 1 aliphatic heterocycles. The summed E-state index contributed by atoms with van der Waals surface area (Å²) in [5.74, 6) is 2.38. The lowest BCUT2D eigenvalue weighted by Crippen LogP contribution is -2.14. The molecule has 0 atom stereocenters. The Hall–Kier alpha value is -3.02. The second-order valence-corrected chi connectivity index (χ2v) is 8.17. The van der Waals surface area contributed by atoms with Gasteiger partial charge in [-0.25, -0.2) is 9.37 Å². The molecule has 5 rings (SSSR count). The molecule has 0 saturated heterocycles. The third-order valence-corrected chi connectivity index (χ3v) is 5.99. The predicted octanol–water partition coefficient (Wildman–Crippen LogP) is 6.74. The minimum atomic E-state index is -0.251. The van der Waals surface area contributed by atoms with Crippen LogP contribution in [0.4, 0.5) is 15.9 Å². The van der Waals surface area contributed by atoms with Gasteiger partial charge >= 0.3 is 0 Å². The van der Waals surface area contributed by atoms with E-state index in [2.05, 4.69) is 20.9 Å². The van der Waals surface area contributed by atoms with Gasteiger partial charge in [-0.3, -0.25) is 4.57 Å². The summed E-state index contributed by atoms with van der Waals surface area (Å²) in [6, 6.07) is 17.8. The molecule has 0 spiro atoms. The number of nitrogens with one attached hydrogen (secondary N) is 1. The highest BCUT2D eigenvalue weighted by Gasteiger charge is 2.21. The van der Waals surface area contributed by atoms with Gasteiger partial charge in [0.2, 0.25) is 0 Å². The number of ether oxygens (including phenoxy) is 1. The van der Waals surface area contributed by atoms with Gasteiger partial charge in [-0.2, -0.15) is 0 Å². The van der Waals surface area contributed by atoms with Gasteiger partial charge in [0.05, 0.1) is 21.9 Å². The molecule has 0 aliphatic carbocycles. The highest BCUT2D eigenvalue weighted by molar-refractivity contribution is 6.42. The number of nitrogens with zero attached hydrogens (tertiary/aromatic N) is 2. The molecule has 0 saturated carbocycles. The molecule has 0 fully saturated rings. The van der Waals surface area contributed by atoms with Crippen LogP contribution in [0.3, 0.4) is 0 Å². The van der Waals surface area contributed by atoms with E-state index in [1.54, 1.807) is 24.3 Å². The van der Waals surface area contributed by atoms with Crippen molar-refractivity contribution in [2.45, 2.75) is 19.4 Å². The van der Waals surface area contributed by atoms with E-state index in [0.29, 0.717) is 16.7 Å². The second kappa shape index (κ2) is 8.25. The van der Waals surface area contributed by atoms with Crippen molar-refractivity contribution in [1.82, 2.24) is 9.55 Å². The van der Waals surface area contributed by atoms with Crippen LogP contribution in [0.5, 0.6) is 5.75 Å². The van der Waals surface area contributed by atoms with Crippen LogP contribution in [0, 0.1) is 5.82 Å². The third kappa shape index (κ3) is 4.11. The van der Waals surface area contributed by atoms with E-state index in [1.165, 1.54) is 17.7 Å². The number of rotatable bonds is 5. The number of anilines is 2. The summed E-state index contributed by atoms with van der Waals surface area (Å²) < 4.78 is 21.1. The van der Waals surface area contributed by atoms with Gasteiger partial charge in [0.15, 0.2) is 0 Å². The molecular weight excluding hydrogens is 436 g/mol. The molecule has 156 valence electrons. The van der Waals surface area contributed by atoms with Crippen LogP contribution < -0.4 is 10.1 Å². The van der Waals surface area contributed by atoms with Crippen LogP contribution in [-0.4, -0.2) is 9.55 Å². The first-order valence-electron chi connectivity index (χ1n) is 9.86. The molecule has 31 heavy (non-hydrogen) atoms. The fraction of sp³-hybridized carbons (Fsp3) is 0.125. The van der Waals surface area contributed by atoms with Crippen molar-refractivity contribution in [3.8, 4) is 11.4 Å². The molecular formula is C24H18Cl2FN3O. The molecule has 0 amide bonds. The number of benzene rings is 3. The second-order valence-electron chi connectivity index (χ2n) is 7.35. The number of aromatic nitrogens is 2. The Morgan fingerprint density at radius 2 is 1.81 bits per heavy atom. The average Bonchev–Trinajstić information content (AvgIpc) is 3.19. The molecule has 7 heteroatoms. The van der Waals surface area contributed by atoms with Gasteiger partial charge in [0.1, 0.15) is 29.8 Å². The summed E-state index contributed by atoms with van der Waals surface area (Å²) in [7, 11) is 0. The average molecular weight is 454 g/mol. The van der Waals surface area contributed by atoms with E-state index in [-0.39, 0.29) is 5.82 Å². The Kier molecular flexibility index (Phi) is 5.30. The Labute approximate surface area is 189 Å². The third-order valence-electron chi connectivity index (χ3n) is 5.26. The molecule has 4 nitrogen and oxygen atoms in total. The van der Waals surface area contributed by atoms with Gasteiger partial charge in [-0.1, -0.05) is 35.3 Å². The van der Waals surface area contributed by atoms with Crippen molar-refractivity contribution >= 4 is 34.7 Å². The number of hydrogen-bond acceptors (Lipinski definition) is 3. The molecule has 0 radical (unpaired) electrons. The van der Waals surface area contributed by atoms with Crippen LogP contribution in [0.25, 0.3) is 5.69 Å². The Bertz CT molecular complexity index is 1250. The number of halogens is 3. The van der Waals surface area contributed by atoms with Crippen LogP contribution in [0.15, 0.2) is 66.9 Å². The van der Waals surface area contributed by atoms with Crippen molar-refractivity contribution in [1.29, 1.82) is 0 Å². The first kappa shape index (κ1) is 19.9. The van der Waals surface area contributed by atoms with Gasteiger partial charge in [0.25, 0.3) is 0 Å². The van der Waals surface area contributed by atoms with E-state index in [1.807, 2.05) is 24.4 Å². The van der Waals surface area contributed by atoms with E-state index in [9.17, 15) is 4.39 Å². The summed E-state index contributed by atoms with van der Waals surface area (Å²) in [6.07, 6.45) is 3.54. The summed E-state index contributed by atoms with van der Waals surface area (Å²) in [5.41, 5.74) is 4.00. The zero-order valence-corrected chi connectivity index (χ0v) is 17.9. The van der Waals surface area contributed by atoms with Crippen molar-refractivity contribution in [2.24, 2.45) is 0 Å². The van der Waals surface area contributed by atoms with Crippen LogP contribution in [-0.2, 0) is 19.4 Å². The molecule has 1 aromatic heterocycles. The van der Waals surface area contributed by atoms with Crippen LogP contribution >= 0.6 is 23.2 Å². The molecule has 2 heterocycles. The quantitative estimate of drug-likeness (QED) is 0.363. The van der Waals surface area contributed by atoms with Crippen molar-refractivity contribution < 1.29 is 9.13 Å². The van der Waals surface area contributed by atoms with Crippen molar-refractivity contribution in [3.05, 3.63) is 99.7 Å². The summed E-state index contributed by atoms with van der Waals surface area (Å²) >= 11 is 12.2.